The third-order valence-electron chi connectivity index (χ3n) is 3.81. The van der Waals surface area contributed by atoms with Gasteiger partial charge in [-0.3, -0.25) is 0 Å². The summed E-state index contributed by atoms with van der Waals surface area (Å²) in [6.45, 7) is 7.53. The van der Waals surface area contributed by atoms with Crippen molar-refractivity contribution in [1.82, 2.24) is 9.78 Å². The van der Waals surface area contributed by atoms with Crippen molar-refractivity contribution in [1.29, 1.82) is 0 Å². The maximum Gasteiger partial charge on any atom is 0.133 e. The van der Waals surface area contributed by atoms with Crippen molar-refractivity contribution >= 4 is 5.82 Å². The molecule has 3 rings (SSSR count). The summed E-state index contributed by atoms with van der Waals surface area (Å²) in [6.07, 6.45) is 3.33. The van der Waals surface area contributed by atoms with E-state index in [9.17, 15) is 0 Å². The van der Waals surface area contributed by atoms with E-state index in [2.05, 4.69) is 49.0 Å². The lowest BCUT2D eigenvalue weighted by atomic mass is 10.1. The number of rotatable bonds is 3. The highest BCUT2D eigenvalue weighted by molar-refractivity contribution is 5.58. The van der Waals surface area contributed by atoms with Gasteiger partial charge in [0.1, 0.15) is 5.82 Å². The second kappa shape index (κ2) is 4.72. The molecular formula is C16H21N3. The fourth-order valence-corrected chi connectivity index (χ4v) is 2.81. The third kappa shape index (κ3) is 2.03. The lowest BCUT2D eigenvalue weighted by molar-refractivity contribution is 0.793. The first-order valence-corrected chi connectivity index (χ1v) is 7.13. The Bertz CT molecular complexity index is 611. The van der Waals surface area contributed by atoms with E-state index < -0.39 is 0 Å². The van der Waals surface area contributed by atoms with Crippen LogP contribution in [0.2, 0.25) is 0 Å². The van der Waals surface area contributed by atoms with Crippen LogP contribution >= 0.6 is 0 Å². The number of hydrogen-bond donors (Lipinski definition) is 1. The highest BCUT2D eigenvalue weighted by Gasteiger charge is 2.22. The number of nitrogens with one attached hydrogen (secondary N) is 1. The molecule has 0 fully saturated rings. The fourth-order valence-electron chi connectivity index (χ4n) is 2.81. The van der Waals surface area contributed by atoms with Gasteiger partial charge in [-0.25, -0.2) is 4.68 Å². The molecule has 1 aliphatic heterocycles. The van der Waals surface area contributed by atoms with E-state index in [1.165, 1.54) is 33.9 Å². The number of aryl methyl sites for hydroxylation is 3. The number of fused-ring (bicyclic) bond motifs is 1. The summed E-state index contributed by atoms with van der Waals surface area (Å²) >= 11 is 0. The first-order chi connectivity index (χ1) is 9.20. The van der Waals surface area contributed by atoms with Crippen molar-refractivity contribution in [2.45, 2.75) is 40.0 Å². The monoisotopic (exact) mass is 255 g/mol. The van der Waals surface area contributed by atoms with Crippen LogP contribution < -0.4 is 5.32 Å². The molecule has 3 nitrogen and oxygen atoms in total. The molecule has 0 aliphatic carbocycles. The number of nitrogens with zero attached hydrogens (tertiary/aromatic N) is 2. The Balaban J connectivity index is 2.15. The molecular weight excluding hydrogens is 234 g/mol. The summed E-state index contributed by atoms with van der Waals surface area (Å²) in [5, 5.41) is 8.34. The Morgan fingerprint density at radius 3 is 2.95 bits per heavy atom. The predicted octanol–water partition coefficient (Wildman–Crippen LogP) is 3.41. The Labute approximate surface area is 114 Å². The van der Waals surface area contributed by atoms with Crippen LogP contribution in [-0.4, -0.2) is 16.3 Å². The molecule has 0 saturated carbocycles. The van der Waals surface area contributed by atoms with Gasteiger partial charge in [-0.2, -0.15) is 5.10 Å². The maximum atomic E-state index is 4.85. The molecule has 1 aliphatic rings. The van der Waals surface area contributed by atoms with Crippen LogP contribution in [-0.2, 0) is 12.8 Å². The molecule has 1 N–H and O–H groups in total. The van der Waals surface area contributed by atoms with Crippen molar-refractivity contribution in [3.05, 3.63) is 40.6 Å². The second-order valence-electron chi connectivity index (χ2n) is 5.40. The topological polar surface area (TPSA) is 29.9 Å². The Morgan fingerprint density at radius 1 is 1.32 bits per heavy atom. The summed E-state index contributed by atoms with van der Waals surface area (Å²) in [7, 11) is 0. The molecule has 0 radical (unpaired) electrons. The van der Waals surface area contributed by atoms with Crippen molar-refractivity contribution in [2.75, 3.05) is 11.9 Å². The number of benzene rings is 1. The van der Waals surface area contributed by atoms with Crippen LogP contribution in [0.5, 0.6) is 0 Å². The Kier molecular flexibility index (Phi) is 3.05. The minimum atomic E-state index is 1.04. The Hall–Kier alpha value is -1.77. The van der Waals surface area contributed by atoms with Gasteiger partial charge >= 0.3 is 0 Å². The van der Waals surface area contributed by atoms with Crippen LogP contribution in [0.3, 0.4) is 0 Å². The van der Waals surface area contributed by atoms with E-state index in [4.69, 9.17) is 5.10 Å². The number of aromatic nitrogens is 2. The lowest BCUT2D eigenvalue weighted by Crippen LogP contribution is -2.06. The van der Waals surface area contributed by atoms with Crippen molar-refractivity contribution in [2.24, 2.45) is 0 Å². The molecule has 100 valence electrons. The predicted molar refractivity (Wildman–Crippen MR) is 79.2 cm³/mol. The molecule has 0 saturated heterocycles. The van der Waals surface area contributed by atoms with Crippen LogP contribution in [0.15, 0.2) is 18.2 Å². The van der Waals surface area contributed by atoms with Gasteiger partial charge in [0.15, 0.2) is 0 Å². The fraction of sp³-hybridized carbons (Fsp3) is 0.438. The summed E-state index contributed by atoms with van der Waals surface area (Å²) < 4.78 is 2.11. The SMILES string of the molecule is CCCc1nn(-c2cc(C)ccc2C)c2c1CCN2. The van der Waals surface area contributed by atoms with Crippen LogP contribution in [0.4, 0.5) is 5.82 Å². The van der Waals surface area contributed by atoms with Gasteiger partial charge in [-0.05, 0) is 43.9 Å². The van der Waals surface area contributed by atoms with Gasteiger partial charge in [-0.15, -0.1) is 0 Å². The van der Waals surface area contributed by atoms with Gasteiger partial charge in [0.25, 0.3) is 0 Å². The Morgan fingerprint density at radius 2 is 2.16 bits per heavy atom. The average molecular weight is 255 g/mol. The quantitative estimate of drug-likeness (QED) is 0.911. The zero-order valence-corrected chi connectivity index (χ0v) is 12.0. The van der Waals surface area contributed by atoms with Crippen molar-refractivity contribution in [3.63, 3.8) is 0 Å². The first-order valence-electron chi connectivity index (χ1n) is 7.13. The van der Waals surface area contributed by atoms with Gasteiger partial charge in [0.2, 0.25) is 0 Å². The number of anilines is 1. The van der Waals surface area contributed by atoms with E-state index in [0.717, 1.165) is 25.8 Å². The molecule has 2 heterocycles. The first kappa shape index (κ1) is 12.3. The van der Waals surface area contributed by atoms with E-state index in [0.29, 0.717) is 0 Å². The standard InChI is InChI=1S/C16H21N3/c1-4-5-14-13-8-9-17-16(13)19(18-14)15-10-11(2)6-7-12(15)3/h6-7,10,17H,4-5,8-9H2,1-3H3. The molecule has 1 aromatic heterocycles. The van der Waals surface area contributed by atoms with Gasteiger partial charge in [-0.1, -0.05) is 25.5 Å². The zero-order valence-electron chi connectivity index (χ0n) is 12.0. The molecule has 0 bridgehead atoms. The summed E-state index contributed by atoms with van der Waals surface area (Å²) in [5.74, 6) is 1.21. The largest absolute Gasteiger partial charge is 0.369 e. The maximum absolute atomic E-state index is 4.85. The molecule has 2 aromatic rings. The second-order valence-corrected chi connectivity index (χ2v) is 5.40. The third-order valence-corrected chi connectivity index (χ3v) is 3.81. The molecule has 0 spiro atoms. The van der Waals surface area contributed by atoms with Crippen molar-refractivity contribution < 1.29 is 0 Å². The average Bonchev–Trinajstić information content (AvgIpc) is 2.97. The number of hydrogen-bond acceptors (Lipinski definition) is 2. The summed E-state index contributed by atoms with van der Waals surface area (Å²) in [4.78, 5) is 0. The molecule has 0 atom stereocenters. The van der Waals surface area contributed by atoms with Crippen LogP contribution in [0, 0.1) is 13.8 Å². The molecule has 1 aromatic carbocycles. The van der Waals surface area contributed by atoms with Gasteiger partial charge in [0, 0.05) is 12.1 Å². The highest BCUT2D eigenvalue weighted by atomic mass is 15.3. The minimum absolute atomic E-state index is 1.04. The minimum Gasteiger partial charge on any atom is -0.369 e. The normalized spacial score (nSPS) is 13.4. The van der Waals surface area contributed by atoms with E-state index in [1.807, 2.05) is 0 Å². The van der Waals surface area contributed by atoms with Gasteiger partial charge in [0.05, 0.1) is 11.4 Å². The summed E-state index contributed by atoms with van der Waals surface area (Å²) in [5.41, 5.74) is 6.44. The lowest BCUT2D eigenvalue weighted by Gasteiger charge is -2.10. The zero-order chi connectivity index (χ0) is 13.4. The molecule has 3 heteroatoms. The van der Waals surface area contributed by atoms with E-state index >= 15 is 0 Å². The van der Waals surface area contributed by atoms with Crippen LogP contribution in [0.25, 0.3) is 5.69 Å². The van der Waals surface area contributed by atoms with E-state index in [1.54, 1.807) is 0 Å². The van der Waals surface area contributed by atoms with Crippen LogP contribution in [0.1, 0.15) is 35.7 Å². The molecule has 0 unspecified atom stereocenters. The van der Waals surface area contributed by atoms with E-state index in [-0.39, 0.29) is 0 Å². The highest BCUT2D eigenvalue weighted by Crippen LogP contribution is 2.30. The molecule has 0 amide bonds. The van der Waals surface area contributed by atoms with Crippen molar-refractivity contribution in [3.8, 4) is 5.69 Å². The summed E-state index contributed by atoms with van der Waals surface area (Å²) in [6, 6.07) is 6.55. The molecule has 19 heavy (non-hydrogen) atoms. The smallest absolute Gasteiger partial charge is 0.133 e. The van der Waals surface area contributed by atoms with Gasteiger partial charge < -0.3 is 5.32 Å².